The predicted molar refractivity (Wildman–Crippen MR) is 104 cm³/mol. The largest absolute Gasteiger partial charge is 0.334 e. The Morgan fingerprint density at radius 1 is 1.04 bits per heavy atom. The minimum Gasteiger partial charge on any atom is -0.334 e. The first-order valence-corrected chi connectivity index (χ1v) is 10.0. The van der Waals surface area contributed by atoms with Crippen molar-refractivity contribution in [2.45, 2.75) is 24.9 Å². The van der Waals surface area contributed by atoms with E-state index >= 15 is 0 Å². The molecular weight excluding hydrogens is 362 g/mol. The number of imidazole rings is 2. The van der Waals surface area contributed by atoms with Crippen LogP contribution in [0.3, 0.4) is 0 Å². The smallest absolute Gasteiger partial charge is 0.280 e. The van der Waals surface area contributed by atoms with Crippen LogP contribution in [0.4, 0.5) is 5.69 Å². The van der Waals surface area contributed by atoms with Crippen molar-refractivity contribution in [3.63, 3.8) is 0 Å². The van der Waals surface area contributed by atoms with Crippen LogP contribution in [0.25, 0.3) is 16.9 Å². The van der Waals surface area contributed by atoms with Crippen LogP contribution < -0.4 is 4.72 Å². The molecule has 1 aromatic carbocycles. The number of anilines is 1. The van der Waals surface area contributed by atoms with Crippen molar-refractivity contribution in [2.24, 2.45) is 0 Å². The third kappa shape index (κ3) is 3.43. The van der Waals surface area contributed by atoms with Crippen LogP contribution in [-0.4, -0.2) is 27.4 Å². The van der Waals surface area contributed by atoms with Crippen molar-refractivity contribution in [2.75, 3.05) is 4.72 Å². The molecule has 7 nitrogen and oxygen atoms in total. The number of fused-ring (bicyclic) bond motifs is 1. The van der Waals surface area contributed by atoms with Gasteiger partial charge in [-0.25, -0.2) is 9.97 Å². The third-order valence-corrected chi connectivity index (χ3v) is 5.51. The van der Waals surface area contributed by atoms with Crippen LogP contribution >= 0.6 is 0 Å². The van der Waals surface area contributed by atoms with Gasteiger partial charge in [-0.2, -0.15) is 8.42 Å². The normalized spacial score (nSPS) is 12.0. The van der Waals surface area contributed by atoms with Gasteiger partial charge in [0.2, 0.25) is 0 Å². The molecule has 3 heterocycles. The fourth-order valence-electron chi connectivity index (χ4n) is 2.73. The highest BCUT2D eigenvalue weighted by atomic mass is 32.2. The second-order valence-electron chi connectivity index (χ2n) is 6.53. The zero-order chi connectivity index (χ0) is 19.0. The van der Waals surface area contributed by atoms with E-state index in [2.05, 4.69) is 14.7 Å². The molecule has 3 aromatic heterocycles. The van der Waals surface area contributed by atoms with Crippen molar-refractivity contribution < 1.29 is 8.42 Å². The lowest BCUT2D eigenvalue weighted by Gasteiger charge is -2.07. The Hall–Kier alpha value is -3.13. The number of benzene rings is 1. The minimum atomic E-state index is -3.73. The zero-order valence-electron chi connectivity index (χ0n) is 14.9. The number of nitrogens with one attached hydrogen (secondary N) is 1. The Labute approximate surface area is 157 Å². The molecular formula is C19H19N5O2S. The van der Waals surface area contributed by atoms with Crippen molar-refractivity contribution in [3.05, 3.63) is 67.4 Å². The van der Waals surface area contributed by atoms with Gasteiger partial charge in [-0.1, -0.05) is 18.2 Å². The van der Waals surface area contributed by atoms with Crippen molar-refractivity contribution >= 4 is 21.4 Å². The summed E-state index contributed by atoms with van der Waals surface area (Å²) in [6, 6.07) is 13.1. The van der Waals surface area contributed by atoms with E-state index in [-0.39, 0.29) is 11.1 Å². The number of nitrogens with zero attached hydrogens (tertiary/aromatic N) is 4. The third-order valence-electron chi connectivity index (χ3n) is 4.25. The molecule has 4 aromatic rings. The molecule has 0 aliphatic carbocycles. The van der Waals surface area contributed by atoms with Gasteiger partial charge in [0.25, 0.3) is 10.0 Å². The fraction of sp³-hybridized carbons (Fsp3) is 0.158. The maximum absolute atomic E-state index is 12.5. The van der Waals surface area contributed by atoms with Crippen LogP contribution in [-0.2, 0) is 10.0 Å². The van der Waals surface area contributed by atoms with Gasteiger partial charge < -0.3 is 8.97 Å². The quantitative estimate of drug-likeness (QED) is 0.573. The molecule has 0 atom stereocenters. The first-order valence-electron chi connectivity index (χ1n) is 8.53. The van der Waals surface area contributed by atoms with Crippen molar-refractivity contribution in [1.82, 2.24) is 18.9 Å². The Morgan fingerprint density at radius 2 is 1.81 bits per heavy atom. The molecule has 0 unspecified atom stereocenters. The molecule has 138 valence electrons. The second kappa shape index (κ2) is 6.55. The van der Waals surface area contributed by atoms with Crippen molar-refractivity contribution in [1.29, 1.82) is 0 Å². The van der Waals surface area contributed by atoms with E-state index in [1.165, 1.54) is 12.5 Å². The number of hydrogen-bond donors (Lipinski definition) is 1. The van der Waals surface area contributed by atoms with E-state index in [1.54, 1.807) is 16.7 Å². The summed E-state index contributed by atoms with van der Waals surface area (Å²) in [5, 5.41) is 0.000581. The van der Waals surface area contributed by atoms with Gasteiger partial charge in [0.05, 0.1) is 12.0 Å². The first kappa shape index (κ1) is 17.3. The highest BCUT2D eigenvalue weighted by Crippen LogP contribution is 2.23. The number of sulfonamides is 1. The summed E-state index contributed by atoms with van der Waals surface area (Å²) in [6.07, 6.45) is 6.92. The number of aromatic nitrogens is 4. The highest BCUT2D eigenvalue weighted by molar-refractivity contribution is 7.92. The van der Waals surface area contributed by atoms with E-state index in [9.17, 15) is 8.42 Å². The maximum Gasteiger partial charge on any atom is 0.280 e. The SMILES string of the molecule is CC(C)n1cnc(S(=O)(=O)Nc2ccc(-c3cn4ccccc4n3)cc2)c1. The average molecular weight is 381 g/mol. The fourth-order valence-corrected chi connectivity index (χ4v) is 3.73. The summed E-state index contributed by atoms with van der Waals surface area (Å²) in [7, 11) is -3.73. The Balaban J connectivity index is 1.56. The lowest BCUT2D eigenvalue weighted by molar-refractivity contribution is 0.591. The summed E-state index contributed by atoms with van der Waals surface area (Å²) in [5.74, 6) is 0. The molecule has 0 aliphatic rings. The maximum atomic E-state index is 12.5. The van der Waals surface area contributed by atoms with E-state index in [0.717, 1.165) is 16.9 Å². The summed E-state index contributed by atoms with van der Waals surface area (Å²) >= 11 is 0. The summed E-state index contributed by atoms with van der Waals surface area (Å²) < 4.78 is 31.3. The van der Waals surface area contributed by atoms with Crippen LogP contribution in [0.1, 0.15) is 19.9 Å². The molecule has 0 amide bonds. The lowest BCUT2D eigenvalue weighted by atomic mass is 10.1. The van der Waals surface area contributed by atoms with E-state index in [0.29, 0.717) is 5.69 Å². The number of hydrogen-bond acceptors (Lipinski definition) is 4. The van der Waals surface area contributed by atoms with E-state index in [4.69, 9.17) is 0 Å². The molecule has 27 heavy (non-hydrogen) atoms. The zero-order valence-corrected chi connectivity index (χ0v) is 15.8. The average Bonchev–Trinajstić information content (AvgIpc) is 3.30. The van der Waals surface area contributed by atoms with Gasteiger partial charge >= 0.3 is 0 Å². The topological polar surface area (TPSA) is 81.3 Å². The molecule has 0 bridgehead atoms. The molecule has 8 heteroatoms. The molecule has 0 radical (unpaired) electrons. The van der Waals surface area contributed by atoms with Gasteiger partial charge in [-0.3, -0.25) is 4.72 Å². The number of rotatable bonds is 5. The molecule has 4 rings (SSSR count). The van der Waals surface area contributed by atoms with Gasteiger partial charge in [0, 0.05) is 35.9 Å². The Kier molecular flexibility index (Phi) is 4.19. The molecule has 0 aliphatic heterocycles. The van der Waals surface area contributed by atoms with Crippen LogP contribution in [0.2, 0.25) is 0 Å². The molecule has 1 N–H and O–H groups in total. The van der Waals surface area contributed by atoms with Gasteiger partial charge in [0.15, 0.2) is 5.03 Å². The van der Waals surface area contributed by atoms with Gasteiger partial charge in [-0.15, -0.1) is 0 Å². The molecule has 0 saturated carbocycles. The van der Waals surface area contributed by atoms with Crippen LogP contribution in [0.15, 0.2) is 72.4 Å². The predicted octanol–water partition coefficient (Wildman–Crippen LogP) is 3.58. The van der Waals surface area contributed by atoms with E-state index in [1.807, 2.05) is 61.0 Å². The first-order chi connectivity index (χ1) is 12.9. The van der Waals surface area contributed by atoms with Gasteiger partial charge in [0.1, 0.15) is 5.65 Å². The summed E-state index contributed by atoms with van der Waals surface area (Å²) in [5.41, 5.74) is 3.07. The van der Waals surface area contributed by atoms with E-state index < -0.39 is 10.0 Å². The summed E-state index contributed by atoms with van der Waals surface area (Å²) in [6.45, 7) is 3.92. The van der Waals surface area contributed by atoms with Crippen molar-refractivity contribution in [3.8, 4) is 11.3 Å². The standard InChI is InChI=1S/C19H19N5O2S/c1-14(2)24-12-19(20-13-24)27(25,26)22-16-8-6-15(7-9-16)17-11-23-10-4-3-5-18(23)21-17/h3-14,22H,1-2H3. The molecule has 0 saturated heterocycles. The number of pyridine rings is 1. The summed E-state index contributed by atoms with van der Waals surface area (Å²) in [4.78, 5) is 8.56. The Morgan fingerprint density at radius 3 is 2.48 bits per heavy atom. The van der Waals surface area contributed by atoms with Crippen LogP contribution in [0.5, 0.6) is 0 Å². The van der Waals surface area contributed by atoms with Crippen LogP contribution in [0, 0.1) is 0 Å². The monoisotopic (exact) mass is 381 g/mol. The highest BCUT2D eigenvalue weighted by Gasteiger charge is 2.18. The van der Waals surface area contributed by atoms with Gasteiger partial charge in [-0.05, 0) is 38.1 Å². The molecule has 0 fully saturated rings. The lowest BCUT2D eigenvalue weighted by Crippen LogP contribution is -2.13. The molecule has 0 spiro atoms. The minimum absolute atomic E-state index is 0.000581. The second-order valence-corrected chi connectivity index (χ2v) is 8.16. The Bertz CT molecular complexity index is 1160.